The fraction of sp³-hybridized carbons (Fsp3) is 0.280. The third-order valence-electron chi connectivity index (χ3n) is 6.16. The molecule has 0 fully saturated rings. The van der Waals surface area contributed by atoms with Gasteiger partial charge in [0.25, 0.3) is 5.56 Å². The van der Waals surface area contributed by atoms with Crippen LogP contribution >= 0.6 is 23.1 Å². The lowest BCUT2D eigenvalue weighted by Gasteiger charge is -2.19. The summed E-state index contributed by atoms with van der Waals surface area (Å²) in [6.45, 7) is 2.50. The van der Waals surface area contributed by atoms with E-state index in [0.717, 1.165) is 51.0 Å². The molecule has 2 aromatic heterocycles. The van der Waals surface area contributed by atoms with Crippen molar-refractivity contribution in [1.29, 1.82) is 0 Å². The summed E-state index contributed by atoms with van der Waals surface area (Å²) < 4.78 is 12.7. The monoisotopic (exact) mass is 462 g/mol. The summed E-state index contributed by atoms with van der Waals surface area (Å²) in [4.78, 5) is 21.1. The number of hydrogen-bond acceptors (Lipinski definition) is 6. The minimum absolute atomic E-state index is 0.0423. The van der Waals surface area contributed by atoms with E-state index >= 15 is 0 Å². The summed E-state index contributed by atoms with van der Waals surface area (Å²) in [5, 5.41) is 1.53. The second-order valence-electron chi connectivity index (χ2n) is 8.26. The first-order valence-corrected chi connectivity index (χ1v) is 12.6. The SMILES string of the molecule is C[C@H]1CCCc2sc3nc(SCc4ccc5c(c4)OCO5)n(-c4ccccc4)c(=O)c3c21. The Balaban J connectivity index is 1.47. The van der Waals surface area contributed by atoms with Crippen molar-refractivity contribution in [2.45, 2.75) is 43.0 Å². The van der Waals surface area contributed by atoms with Crippen molar-refractivity contribution in [3.8, 4) is 17.2 Å². The Hall–Kier alpha value is -2.77. The molecule has 0 bridgehead atoms. The van der Waals surface area contributed by atoms with Gasteiger partial charge in [-0.1, -0.05) is 43.0 Å². The molecule has 32 heavy (non-hydrogen) atoms. The summed E-state index contributed by atoms with van der Waals surface area (Å²) in [6, 6.07) is 15.8. The number of benzene rings is 2. The van der Waals surface area contributed by atoms with Gasteiger partial charge in [0.1, 0.15) is 4.83 Å². The van der Waals surface area contributed by atoms with E-state index in [1.807, 2.05) is 48.5 Å². The van der Waals surface area contributed by atoms with Crippen LogP contribution in [0.2, 0.25) is 0 Å². The quantitative estimate of drug-likeness (QED) is 0.279. The van der Waals surface area contributed by atoms with Gasteiger partial charge in [-0.3, -0.25) is 9.36 Å². The van der Waals surface area contributed by atoms with Gasteiger partial charge in [0, 0.05) is 10.6 Å². The molecule has 7 heteroatoms. The van der Waals surface area contributed by atoms with Crippen LogP contribution in [-0.2, 0) is 12.2 Å². The average Bonchev–Trinajstić information content (AvgIpc) is 3.43. The Morgan fingerprint density at radius 1 is 1.16 bits per heavy atom. The number of aromatic nitrogens is 2. The number of fused-ring (bicyclic) bond motifs is 4. The molecular formula is C25H22N2O3S2. The minimum Gasteiger partial charge on any atom is -0.454 e. The van der Waals surface area contributed by atoms with Gasteiger partial charge in [-0.25, -0.2) is 4.98 Å². The Morgan fingerprint density at radius 2 is 2.00 bits per heavy atom. The van der Waals surface area contributed by atoms with Crippen LogP contribution < -0.4 is 15.0 Å². The number of thiophene rings is 1. The van der Waals surface area contributed by atoms with Gasteiger partial charge in [-0.05, 0) is 60.6 Å². The molecule has 1 aliphatic heterocycles. The number of aryl methyl sites for hydroxylation is 1. The van der Waals surface area contributed by atoms with Crippen LogP contribution in [0.3, 0.4) is 0 Å². The molecule has 0 amide bonds. The van der Waals surface area contributed by atoms with Crippen LogP contribution in [0.15, 0.2) is 58.5 Å². The molecule has 2 aromatic carbocycles. The van der Waals surface area contributed by atoms with Crippen LogP contribution in [0.5, 0.6) is 11.5 Å². The molecular weight excluding hydrogens is 440 g/mol. The highest BCUT2D eigenvalue weighted by molar-refractivity contribution is 7.98. The van der Waals surface area contributed by atoms with Crippen molar-refractivity contribution in [2.75, 3.05) is 6.79 Å². The predicted octanol–water partition coefficient (Wildman–Crippen LogP) is 5.91. The molecule has 162 valence electrons. The zero-order chi connectivity index (χ0) is 21.7. The number of rotatable bonds is 4. The van der Waals surface area contributed by atoms with Gasteiger partial charge in [0.05, 0.1) is 11.1 Å². The number of nitrogens with zero attached hydrogens (tertiary/aromatic N) is 2. The molecule has 3 heterocycles. The van der Waals surface area contributed by atoms with Crippen LogP contribution in [0, 0.1) is 0 Å². The van der Waals surface area contributed by atoms with Crippen molar-refractivity contribution in [1.82, 2.24) is 9.55 Å². The van der Waals surface area contributed by atoms with E-state index in [4.69, 9.17) is 14.5 Å². The highest BCUT2D eigenvalue weighted by Crippen LogP contribution is 2.41. The van der Waals surface area contributed by atoms with E-state index in [-0.39, 0.29) is 12.4 Å². The minimum atomic E-state index is 0.0423. The second-order valence-corrected chi connectivity index (χ2v) is 10.3. The van der Waals surface area contributed by atoms with Gasteiger partial charge in [0.15, 0.2) is 16.7 Å². The molecule has 6 rings (SSSR count). The maximum atomic E-state index is 13.9. The molecule has 4 aromatic rings. The summed E-state index contributed by atoms with van der Waals surface area (Å²) in [7, 11) is 0. The van der Waals surface area contributed by atoms with Crippen molar-refractivity contribution >= 4 is 33.3 Å². The van der Waals surface area contributed by atoms with E-state index in [0.29, 0.717) is 11.7 Å². The van der Waals surface area contributed by atoms with E-state index in [9.17, 15) is 4.79 Å². The molecule has 1 atom stereocenters. The highest BCUT2D eigenvalue weighted by Gasteiger charge is 2.26. The third-order valence-corrected chi connectivity index (χ3v) is 8.33. The second kappa shape index (κ2) is 7.98. The number of para-hydroxylation sites is 1. The van der Waals surface area contributed by atoms with Gasteiger partial charge >= 0.3 is 0 Å². The van der Waals surface area contributed by atoms with Crippen LogP contribution in [-0.4, -0.2) is 16.3 Å². The lowest BCUT2D eigenvalue weighted by Crippen LogP contribution is -2.22. The number of hydrogen-bond donors (Lipinski definition) is 0. The molecule has 1 aliphatic carbocycles. The number of thioether (sulfide) groups is 1. The first kappa shape index (κ1) is 19.9. The standard InChI is InChI=1S/C25H22N2O3S2/c1-15-6-5-9-20-21(15)22-23(32-20)26-25(27(24(22)28)17-7-3-2-4-8-17)31-13-16-10-11-18-19(12-16)30-14-29-18/h2-4,7-8,10-12,15H,5-6,9,13-14H2,1H3/t15-/m0/s1. The summed E-state index contributed by atoms with van der Waals surface area (Å²) in [5.41, 5.74) is 3.22. The van der Waals surface area contributed by atoms with Crippen LogP contribution in [0.4, 0.5) is 0 Å². The molecule has 0 N–H and O–H groups in total. The maximum absolute atomic E-state index is 13.9. The first-order chi connectivity index (χ1) is 15.7. The van der Waals surface area contributed by atoms with Gasteiger partial charge in [-0.15, -0.1) is 11.3 Å². The van der Waals surface area contributed by atoms with Gasteiger partial charge < -0.3 is 9.47 Å². The van der Waals surface area contributed by atoms with Gasteiger partial charge in [-0.2, -0.15) is 0 Å². The fourth-order valence-electron chi connectivity index (χ4n) is 4.60. The Labute approximate surface area is 194 Å². The highest BCUT2D eigenvalue weighted by atomic mass is 32.2. The lowest BCUT2D eigenvalue weighted by atomic mass is 9.88. The van der Waals surface area contributed by atoms with Crippen molar-refractivity contribution in [3.05, 3.63) is 74.9 Å². The molecule has 0 unspecified atom stereocenters. The predicted molar refractivity (Wildman–Crippen MR) is 129 cm³/mol. The normalized spacial score (nSPS) is 17.0. The zero-order valence-corrected chi connectivity index (χ0v) is 19.3. The van der Waals surface area contributed by atoms with Crippen molar-refractivity contribution in [3.63, 3.8) is 0 Å². The smallest absolute Gasteiger partial charge is 0.267 e. The summed E-state index contributed by atoms with van der Waals surface area (Å²) in [5.74, 6) is 2.63. The molecule has 0 saturated carbocycles. The van der Waals surface area contributed by atoms with E-state index in [2.05, 4.69) is 6.92 Å². The summed E-state index contributed by atoms with van der Waals surface area (Å²) in [6.07, 6.45) is 3.36. The number of ether oxygens (including phenoxy) is 2. The Morgan fingerprint density at radius 3 is 2.88 bits per heavy atom. The largest absolute Gasteiger partial charge is 0.454 e. The molecule has 2 aliphatic rings. The van der Waals surface area contributed by atoms with Crippen molar-refractivity contribution < 1.29 is 9.47 Å². The summed E-state index contributed by atoms with van der Waals surface area (Å²) >= 11 is 3.28. The average molecular weight is 463 g/mol. The zero-order valence-electron chi connectivity index (χ0n) is 17.7. The molecule has 5 nitrogen and oxygen atoms in total. The van der Waals surface area contributed by atoms with E-state index < -0.39 is 0 Å². The molecule has 0 saturated heterocycles. The fourth-order valence-corrected chi connectivity index (χ4v) is 6.93. The molecule has 0 spiro atoms. The van der Waals surface area contributed by atoms with Crippen molar-refractivity contribution in [2.24, 2.45) is 0 Å². The Bertz CT molecular complexity index is 1380. The van der Waals surface area contributed by atoms with E-state index in [1.165, 1.54) is 16.9 Å². The topological polar surface area (TPSA) is 53.4 Å². The van der Waals surface area contributed by atoms with E-state index in [1.54, 1.807) is 27.7 Å². The van der Waals surface area contributed by atoms with Crippen LogP contribution in [0.25, 0.3) is 15.9 Å². The van der Waals surface area contributed by atoms with Crippen LogP contribution in [0.1, 0.15) is 41.7 Å². The first-order valence-electron chi connectivity index (χ1n) is 10.8. The molecule has 0 radical (unpaired) electrons. The van der Waals surface area contributed by atoms with Gasteiger partial charge in [0.2, 0.25) is 6.79 Å². The third kappa shape index (κ3) is 3.31. The Kier molecular flexibility index (Phi) is 4.96. The lowest BCUT2D eigenvalue weighted by molar-refractivity contribution is 0.174. The maximum Gasteiger partial charge on any atom is 0.267 e.